The monoisotopic (exact) mass is 549 g/mol. The van der Waals surface area contributed by atoms with E-state index in [0.717, 1.165) is 55.8 Å². The second-order valence-corrected chi connectivity index (χ2v) is 10.7. The van der Waals surface area contributed by atoms with Gasteiger partial charge in [-0.05, 0) is 79.1 Å². The first-order valence-corrected chi connectivity index (χ1v) is 13.0. The van der Waals surface area contributed by atoms with E-state index >= 15 is 0 Å². The standard InChI is InChI=1S/C27H24BrN3O3S/c1-17-12-21(18(2)31(17)23-9-5-8-22(28)14-23)13-24-26(33)30(27(34)35-24)16-25(32)29-11-10-19-6-3-4-7-20(19)15-29/h3-9,12-14H,10-11,15-16H2,1-2H3/b24-13-. The summed E-state index contributed by atoms with van der Waals surface area (Å²) in [6, 6.07) is 18.0. The van der Waals surface area contributed by atoms with Crippen LogP contribution in [0.2, 0.25) is 0 Å². The Balaban J connectivity index is 1.33. The number of hydrogen-bond acceptors (Lipinski definition) is 4. The van der Waals surface area contributed by atoms with Gasteiger partial charge >= 0.3 is 0 Å². The van der Waals surface area contributed by atoms with Crippen LogP contribution < -0.4 is 0 Å². The molecule has 2 aliphatic heterocycles. The van der Waals surface area contributed by atoms with E-state index in [-0.39, 0.29) is 12.5 Å². The number of rotatable bonds is 4. The molecule has 0 bridgehead atoms. The van der Waals surface area contributed by atoms with Crippen molar-refractivity contribution in [3.05, 3.63) is 92.1 Å². The fourth-order valence-electron chi connectivity index (χ4n) is 4.67. The Kier molecular flexibility index (Phi) is 6.42. The summed E-state index contributed by atoms with van der Waals surface area (Å²) >= 11 is 4.40. The normalized spacial score (nSPS) is 16.8. The van der Waals surface area contributed by atoms with Crippen molar-refractivity contribution in [2.75, 3.05) is 13.1 Å². The van der Waals surface area contributed by atoms with Gasteiger partial charge in [-0.1, -0.05) is 46.3 Å². The lowest BCUT2D eigenvalue weighted by Gasteiger charge is -2.29. The molecule has 5 rings (SSSR count). The molecule has 35 heavy (non-hydrogen) atoms. The van der Waals surface area contributed by atoms with Crippen molar-refractivity contribution in [3.8, 4) is 5.69 Å². The second kappa shape index (κ2) is 9.51. The quantitative estimate of drug-likeness (QED) is 0.404. The number of fused-ring (bicyclic) bond motifs is 1. The minimum atomic E-state index is -0.419. The molecule has 1 fully saturated rings. The highest BCUT2D eigenvalue weighted by molar-refractivity contribution is 9.10. The number of benzene rings is 2. The maximum absolute atomic E-state index is 13.1. The molecular formula is C27H24BrN3O3S. The van der Waals surface area contributed by atoms with Gasteiger partial charge < -0.3 is 9.47 Å². The summed E-state index contributed by atoms with van der Waals surface area (Å²) in [7, 11) is 0. The average Bonchev–Trinajstić information content (AvgIpc) is 3.27. The van der Waals surface area contributed by atoms with E-state index in [1.165, 1.54) is 5.56 Å². The van der Waals surface area contributed by atoms with Crippen molar-refractivity contribution < 1.29 is 14.4 Å². The number of imide groups is 1. The van der Waals surface area contributed by atoms with Crippen molar-refractivity contribution >= 4 is 50.8 Å². The number of amides is 3. The van der Waals surface area contributed by atoms with Gasteiger partial charge in [-0.25, -0.2) is 0 Å². The molecule has 0 aliphatic carbocycles. The third kappa shape index (κ3) is 4.60. The number of thioether (sulfide) groups is 1. The molecule has 0 radical (unpaired) electrons. The van der Waals surface area contributed by atoms with Crippen molar-refractivity contribution in [1.29, 1.82) is 0 Å². The Morgan fingerprint density at radius 2 is 1.83 bits per heavy atom. The van der Waals surface area contributed by atoms with Crippen LogP contribution in [0, 0.1) is 13.8 Å². The molecule has 0 spiro atoms. The Hall–Kier alpha value is -3.10. The summed E-state index contributed by atoms with van der Waals surface area (Å²) in [6.07, 6.45) is 2.53. The van der Waals surface area contributed by atoms with Crippen LogP contribution in [0.15, 0.2) is 64.0 Å². The van der Waals surface area contributed by atoms with Gasteiger partial charge in [0, 0.05) is 34.6 Å². The van der Waals surface area contributed by atoms with E-state index in [4.69, 9.17) is 0 Å². The molecule has 8 heteroatoms. The summed E-state index contributed by atoms with van der Waals surface area (Å²) in [5, 5.41) is -0.409. The number of carbonyl (C=O) groups is 3. The van der Waals surface area contributed by atoms with Crippen LogP contribution in [0.1, 0.15) is 28.1 Å². The number of carbonyl (C=O) groups excluding carboxylic acids is 3. The Morgan fingerprint density at radius 3 is 2.60 bits per heavy atom. The third-order valence-corrected chi connectivity index (χ3v) is 7.87. The molecular weight excluding hydrogens is 526 g/mol. The summed E-state index contributed by atoms with van der Waals surface area (Å²) in [5.41, 5.74) is 6.22. The molecule has 3 amide bonds. The van der Waals surface area contributed by atoms with E-state index in [9.17, 15) is 14.4 Å². The molecule has 3 aromatic rings. The van der Waals surface area contributed by atoms with Gasteiger partial charge in [-0.2, -0.15) is 0 Å². The molecule has 2 aliphatic rings. The van der Waals surface area contributed by atoms with E-state index in [0.29, 0.717) is 18.0 Å². The maximum atomic E-state index is 13.1. The SMILES string of the molecule is Cc1cc(/C=C2\SC(=O)N(CC(=O)N3CCc4ccccc4C3)C2=O)c(C)n1-c1cccc(Br)c1. The Labute approximate surface area is 216 Å². The molecule has 0 unspecified atom stereocenters. The molecule has 0 saturated carbocycles. The first-order valence-electron chi connectivity index (χ1n) is 11.4. The van der Waals surface area contributed by atoms with Crippen LogP contribution in [0.4, 0.5) is 4.79 Å². The third-order valence-electron chi connectivity index (χ3n) is 6.47. The molecule has 1 aromatic heterocycles. The minimum Gasteiger partial charge on any atom is -0.336 e. The summed E-state index contributed by atoms with van der Waals surface area (Å²) in [6.45, 7) is 4.85. The highest BCUT2D eigenvalue weighted by Gasteiger charge is 2.37. The van der Waals surface area contributed by atoms with Gasteiger partial charge in [-0.15, -0.1) is 0 Å². The van der Waals surface area contributed by atoms with E-state index in [1.807, 2.05) is 62.4 Å². The van der Waals surface area contributed by atoms with Gasteiger partial charge in [0.15, 0.2) is 0 Å². The minimum absolute atomic E-state index is 0.212. The van der Waals surface area contributed by atoms with Crippen molar-refractivity contribution in [3.63, 3.8) is 0 Å². The summed E-state index contributed by atoms with van der Waals surface area (Å²) < 4.78 is 3.09. The zero-order valence-corrected chi connectivity index (χ0v) is 21.9. The highest BCUT2D eigenvalue weighted by Crippen LogP contribution is 2.34. The van der Waals surface area contributed by atoms with Crippen LogP contribution >= 0.6 is 27.7 Å². The van der Waals surface area contributed by atoms with Gasteiger partial charge in [0.25, 0.3) is 11.1 Å². The van der Waals surface area contributed by atoms with E-state index in [2.05, 4.69) is 26.6 Å². The molecule has 0 atom stereocenters. The van der Waals surface area contributed by atoms with Crippen molar-refractivity contribution in [2.45, 2.75) is 26.8 Å². The van der Waals surface area contributed by atoms with Crippen molar-refractivity contribution in [1.82, 2.24) is 14.4 Å². The molecule has 3 heterocycles. The Bertz CT molecular complexity index is 1390. The van der Waals surface area contributed by atoms with Crippen LogP contribution in [-0.2, 0) is 22.6 Å². The lowest BCUT2D eigenvalue weighted by molar-refractivity contribution is -0.136. The smallest absolute Gasteiger partial charge is 0.294 e. The Morgan fingerprint density at radius 1 is 1.06 bits per heavy atom. The number of aromatic nitrogens is 1. The van der Waals surface area contributed by atoms with E-state index < -0.39 is 11.1 Å². The first-order chi connectivity index (χ1) is 16.8. The van der Waals surface area contributed by atoms with Gasteiger partial charge in [0.2, 0.25) is 5.91 Å². The molecule has 6 nitrogen and oxygen atoms in total. The van der Waals surface area contributed by atoms with Crippen LogP contribution in [0.3, 0.4) is 0 Å². The van der Waals surface area contributed by atoms with Crippen LogP contribution in [0.25, 0.3) is 11.8 Å². The predicted octanol–water partition coefficient (Wildman–Crippen LogP) is 5.48. The fourth-order valence-corrected chi connectivity index (χ4v) is 5.88. The topological polar surface area (TPSA) is 62.6 Å². The zero-order chi connectivity index (χ0) is 24.7. The summed E-state index contributed by atoms with van der Waals surface area (Å²) in [5.74, 6) is -0.631. The maximum Gasteiger partial charge on any atom is 0.294 e. The zero-order valence-electron chi connectivity index (χ0n) is 19.5. The van der Waals surface area contributed by atoms with Crippen molar-refractivity contribution in [2.24, 2.45) is 0 Å². The number of halogens is 1. The van der Waals surface area contributed by atoms with Crippen LogP contribution in [0.5, 0.6) is 0 Å². The molecule has 2 aromatic carbocycles. The van der Waals surface area contributed by atoms with Gasteiger partial charge in [0.05, 0.1) is 4.91 Å². The second-order valence-electron chi connectivity index (χ2n) is 8.74. The highest BCUT2D eigenvalue weighted by atomic mass is 79.9. The number of hydrogen-bond donors (Lipinski definition) is 0. The lowest BCUT2D eigenvalue weighted by Crippen LogP contribution is -2.44. The predicted molar refractivity (Wildman–Crippen MR) is 141 cm³/mol. The van der Waals surface area contributed by atoms with Gasteiger partial charge in [-0.3, -0.25) is 19.3 Å². The lowest BCUT2D eigenvalue weighted by atomic mass is 10.00. The molecule has 1 saturated heterocycles. The first kappa shape index (κ1) is 23.6. The van der Waals surface area contributed by atoms with E-state index in [1.54, 1.807) is 11.0 Å². The van der Waals surface area contributed by atoms with Crippen LogP contribution in [-0.4, -0.2) is 44.5 Å². The fraction of sp³-hybridized carbons (Fsp3) is 0.222. The number of nitrogens with zero attached hydrogens (tertiary/aromatic N) is 3. The van der Waals surface area contributed by atoms with Gasteiger partial charge in [0.1, 0.15) is 6.54 Å². The number of aryl methyl sites for hydroxylation is 1. The summed E-state index contributed by atoms with van der Waals surface area (Å²) in [4.78, 5) is 41.8. The molecule has 0 N–H and O–H groups in total. The molecule has 178 valence electrons. The average molecular weight is 550 g/mol. The largest absolute Gasteiger partial charge is 0.336 e.